The molecule has 1 aromatic rings. The number of cyclic esters (lactones) is 1. The average molecular weight is 433 g/mol. The molecule has 0 N–H and O–H groups in total. The molecular weight excluding hydrogens is 400 g/mol. The summed E-state index contributed by atoms with van der Waals surface area (Å²) in [7, 11) is 4.41. The summed E-state index contributed by atoms with van der Waals surface area (Å²) in [5, 5.41) is 0. The Bertz CT molecular complexity index is 784. The first-order valence-electron chi connectivity index (χ1n) is 10.4. The van der Waals surface area contributed by atoms with Gasteiger partial charge in [-0.2, -0.15) is 0 Å². The van der Waals surface area contributed by atoms with Crippen molar-refractivity contribution in [1.29, 1.82) is 0 Å². The van der Waals surface area contributed by atoms with Gasteiger partial charge in [0.05, 0.1) is 20.3 Å². The molecule has 1 heterocycles. The van der Waals surface area contributed by atoms with Crippen molar-refractivity contribution >= 4 is 11.9 Å². The minimum atomic E-state index is -0.501. The highest BCUT2D eigenvalue weighted by atomic mass is 16.7. The van der Waals surface area contributed by atoms with Gasteiger partial charge in [-0.3, -0.25) is 0 Å². The summed E-state index contributed by atoms with van der Waals surface area (Å²) in [5.74, 6) is -0.271. The summed E-state index contributed by atoms with van der Waals surface area (Å²) < 4.78 is 26.9. The summed E-state index contributed by atoms with van der Waals surface area (Å²) in [6.07, 6.45) is 8.65. The second-order valence-electron chi connectivity index (χ2n) is 7.42. The Kier molecular flexibility index (Phi) is 10.3. The third-order valence-corrected chi connectivity index (χ3v) is 5.21. The molecule has 0 amide bonds. The molecule has 7 heteroatoms. The van der Waals surface area contributed by atoms with Crippen LogP contribution in [0, 0.1) is 5.92 Å². The number of fused-ring (bicyclic) bond motifs is 1. The van der Waals surface area contributed by atoms with Crippen LogP contribution in [-0.4, -0.2) is 52.3 Å². The summed E-state index contributed by atoms with van der Waals surface area (Å²) >= 11 is 0. The van der Waals surface area contributed by atoms with Crippen LogP contribution >= 0.6 is 0 Å². The van der Waals surface area contributed by atoms with Gasteiger partial charge in [0, 0.05) is 26.0 Å². The molecule has 0 saturated heterocycles. The molecule has 0 aromatic heterocycles. The molecule has 170 valence electrons. The zero-order chi connectivity index (χ0) is 22.6. The quantitative estimate of drug-likeness (QED) is 0.280. The van der Waals surface area contributed by atoms with E-state index in [0.29, 0.717) is 30.6 Å². The summed E-state index contributed by atoms with van der Waals surface area (Å²) in [5.41, 5.74) is 1.25. The zero-order valence-corrected chi connectivity index (χ0v) is 18.7. The number of benzene rings is 1. The highest BCUT2D eigenvalue weighted by Gasteiger charge is 2.27. The van der Waals surface area contributed by atoms with E-state index < -0.39 is 18.0 Å². The molecule has 0 saturated carbocycles. The van der Waals surface area contributed by atoms with Crippen molar-refractivity contribution in [3.63, 3.8) is 0 Å². The molecule has 1 aliphatic heterocycles. The molecular formula is C24H32O7. The van der Waals surface area contributed by atoms with E-state index >= 15 is 0 Å². The van der Waals surface area contributed by atoms with E-state index in [0.717, 1.165) is 12.0 Å². The Labute approximate surface area is 184 Å². The number of carbonyl (C=O) groups excluding carboxylic acids is 2. The van der Waals surface area contributed by atoms with Crippen LogP contribution in [-0.2, 0) is 30.2 Å². The van der Waals surface area contributed by atoms with E-state index in [1.54, 1.807) is 19.3 Å². The van der Waals surface area contributed by atoms with Crippen LogP contribution in [0.3, 0.4) is 0 Å². The second kappa shape index (κ2) is 12.9. The molecule has 1 unspecified atom stereocenters. The first-order chi connectivity index (χ1) is 15.0. The van der Waals surface area contributed by atoms with E-state index in [-0.39, 0.29) is 18.8 Å². The summed E-state index contributed by atoms with van der Waals surface area (Å²) in [6, 6.07) is 5.50. The summed E-state index contributed by atoms with van der Waals surface area (Å²) in [6.45, 7) is 2.24. The fourth-order valence-electron chi connectivity index (χ4n) is 3.49. The number of carbonyl (C=O) groups is 2. The van der Waals surface area contributed by atoms with Gasteiger partial charge in [-0.25, -0.2) is 9.59 Å². The van der Waals surface area contributed by atoms with E-state index in [9.17, 15) is 9.59 Å². The predicted molar refractivity (Wildman–Crippen MR) is 116 cm³/mol. The fourth-order valence-corrected chi connectivity index (χ4v) is 3.49. The standard InChI is InChI=1S/C24H32O7/c1-17-9-5-6-10-18-11-7-13-20(28-3)23(18)24(26)31-19(12-8-14-22(25)29-4)15-21(17)30-16-27-2/h5-8,11,13-14,17,19,21H,9-10,12,15-16H2,1-4H3/t17-,19?,21+/m0/s1. The molecule has 0 fully saturated rings. The van der Waals surface area contributed by atoms with Gasteiger partial charge in [0.1, 0.15) is 24.2 Å². The van der Waals surface area contributed by atoms with Gasteiger partial charge in [0.25, 0.3) is 0 Å². The van der Waals surface area contributed by atoms with Gasteiger partial charge in [0.15, 0.2) is 0 Å². The Hall–Kier alpha value is -2.64. The Morgan fingerprint density at radius 2 is 2.03 bits per heavy atom. The van der Waals surface area contributed by atoms with Crippen LogP contribution in [0.4, 0.5) is 0 Å². The van der Waals surface area contributed by atoms with Gasteiger partial charge in [-0.05, 0) is 30.4 Å². The lowest BCUT2D eigenvalue weighted by Crippen LogP contribution is -2.31. The highest BCUT2D eigenvalue weighted by molar-refractivity contribution is 5.94. The van der Waals surface area contributed by atoms with Gasteiger partial charge in [0.2, 0.25) is 0 Å². The lowest BCUT2D eigenvalue weighted by molar-refractivity contribution is -0.134. The van der Waals surface area contributed by atoms with E-state index in [1.807, 2.05) is 18.2 Å². The monoisotopic (exact) mass is 432 g/mol. The molecule has 0 radical (unpaired) electrons. The molecule has 0 bridgehead atoms. The van der Waals surface area contributed by atoms with Crippen molar-refractivity contribution in [3.05, 3.63) is 53.6 Å². The van der Waals surface area contributed by atoms with Crippen LogP contribution < -0.4 is 4.74 Å². The minimum absolute atomic E-state index is 0.147. The lowest BCUT2D eigenvalue weighted by atomic mass is 9.93. The van der Waals surface area contributed by atoms with E-state index in [4.69, 9.17) is 18.9 Å². The molecule has 1 aliphatic rings. The number of methoxy groups -OCH3 is 3. The number of rotatable bonds is 7. The largest absolute Gasteiger partial charge is 0.496 e. The molecule has 31 heavy (non-hydrogen) atoms. The first kappa shape index (κ1) is 24.6. The second-order valence-corrected chi connectivity index (χ2v) is 7.42. The molecule has 0 aliphatic carbocycles. The third kappa shape index (κ3) is 7.52. The van der Waals surface area contributed by atoms with Crippen molar-refractivity contribution < 1.29 is 33.3 Å². The number of allylic oxidation sites excluding steroid dienone is 2. The normalized spacial score (nSPS) is 22.2. The Morgan fingerprint density at radius 3 is 2.74 bits per heavy atom. The number of hydrogen-bond acceptors (Lipinski definition) is 7. The third-order valence-electron chi connectivity index (χ3n) is 5.21. The van der Waals surface area contributed by atoms with Crippen molar-refractivity contribution in [2.45, 2.75) is 44.8 Å². The van der Waals surface area contributed by atoms with Crippen molar-refractivity contribution in [1.82, 2.24) is 0 Å². The predicted octanol–water partition coefficient (Wildman–Crippen LogP) is 3.86. The van der Waals surface area contributed by atoms with Crippen LogP contribution in [0.1, 0.15) is 42.1 Å². The maximum Gasteiger partial charge on any atom is 0.342 e. The van der Waals surface area contributed by atoms with Gasteiger partial charge in [-0.1, -0.05) is 37.3 Å². The topological polar surface area (TPSA) is 80.3 Å². The van der Waals surface area contributed by atoms with Crippen molar-refractivity contribution in [3.8, 4) is 5.75 Å². The van der Waals surface area contributed by atoms with Crippen molar-refractivity contribution in [2.75, 3.05) is 28.1 Å². The van der Waals surface area contributed by atoms with Gasteiger partial charge >= 0.3 is 11.9 Å². The molecule has 2 rings (SSSR count). The van der Waals surface area contributed by atoms with Crippen molar-refractivity contribution in [2.24, 2.45) is 5.92 Å². The number of ether oxygens (including phenoxy) is 5. The Morgan fingerprint density at radius 1 is 1.23 bits per heavy atom. The fraction of sp³-hybridized carbons (Fsp3) is 0.500. The number of esters is 2. The molecule has 0 spiro atoms. The Balaban J connectivity index is 2.36. The van der Waals surface area contributed by atoms with E-state index in [2.05, 4.69) is 17.7 Å². The summed E-state index contributed by atoms with van der Waals surface area (Å²) in [4.78, 5) is 24.6. The minimum Gasteiger partial charge on any atom is -0.496 e. The molecule has 1 aromatic carbocycles. The maximum atomic E-state index is 13.2. The highest BCUT2D eigenvalue weighted by Crippen LogP contribution is 2.28. The molecule has 3 atom stereocenters. The smallest absolute Gasteiger partial charge is 0.342 e. The average Bonchev–Trinajstić information content (AvgIpc) is 2.77. The lowest BCUT2D eigenvalue weighted by Gasteiger charge is -2.28. The van der Waals surface area contributed by atoms with Crippen LogP contribution in [0.15, 0.2) is 42.5 Å². The van der Waals surface area contributed by atoms with Crippen LogP contribution in [0.5, 0.6) is 5.75 Å². The SMILES string of the molecule is COCO[C@@H]1CC(CC=CC(=O)OC)OC(=O)c2c(cccc2OC)CC=CC[C@@H]1C. The van der Waals surface area contributed by atoms with Gasteiger partial charge < -0.3 is 23.7 Å². The maximum absolute atomic E-state index is 13.2. The number of hydrogen-bond donors (Lipinski definition) is 0. The first-order valence-corrected chi connectivity index (χ1v) is 10.4. The molecule has 7 nitrogen and oxygen atoms in total. The van der Waals surface area contributed by atoms with Gasteiger partial charge in [-0.15, -0.1) is 0 Å². The van der Waals surface area contributed by atoms with Crippen LogP contribution in [0.25, 0.3) is 0 Å². The van der Waals surface area contributed by atoms with Crippen LogP contribution in [0.2, 0.25) is 0 Å². The van der Waals surface area contributed by atoms with E-state index in [1.165, 1.54) is 20.3 Å². The zero-order valence-electron chi connectivity index (χ0n) is 18.7.